The highest BCUT2D eigenvalue weighted by molar-refractivity contribution is 7.98. The Morgan fingerprint density at radius 2 is 2.05 bits per heavy atom. The molecule has 0 aliphatic carbocycles. The van der Waals surface area contributed by atoms with Gasteiger partial charge in [0.25, 0.3) is 0 Å². The van der Waals surface area contributed by atoms with Crippen molar-refractivity contribution in [2.45, 2.75) is 25.7 Å². The molecule has 3 N–H and O–H groups in total. The molecule has 0 spiro atoms. The molecule has 0 atom stereocenters. The van der Waals surface area contributed by atoms with E-state index in [-0.39, 0.29) is 0 Å². The van der Waals surface area contributed by atoms with Crippen LogP contribution in [0.3, 0.4) is 0 Å². The van der Waals surface area contributed by atoms with Crippen LogP contribution >= 0.6 is 11.8 Å². The normalized spacial score (nSPS) is 10.3. The van der Waals surface area contributed by atoms with Gasteiger partial charge in [0, 0.05) is 17.9 Å². The van der Waals surface area contributed by atoms with Crippen LogP contribution in [0.5, 0.6) is 0 Å². The monoisotopic (exact) mass is 296 g/mol. The number of hydrogen-bond acceptors (Lipinski definition) is 5. The van der Waals surface area contributed by atoms with Crippen molar-refractivity contribution in [3.63, 3.8) is 0 Å². The van der Waals surface area contributed by atoms with Crippen LogP contribution in [0.4, 0.5) is 11.4 Å². The molecule has 0 radical (unpaired) electrons. The van der Waals surface area contributed by atoms with E-state index >= 15 is 0 Å². The molecule has 4 nitrogen and oxygen atoms in total. The summed E-state index contributed by atoms with van der Waals surface area (Å²) in [5.74, 6) is 0.844. The molecule has 0 heterocycles. The topological polar surface area (TPSA) is 64.3 Å². The lowest BCUT2D eigenvalue weighted by molar-refractivity contribution is 0.0602. The number of hydrogen-bond donors (Lipinski definition) is 2. The average Bonchev–Trinajstić information content (AvgIpc) is 2.47. The van der Waals surface area contributed by atoms with E-state index in [1.165, 1.54) is 32.1 Å². The van der Waals surface area contributed by atoms with Crippen LogP contribution in [0.25, 0.3) is 0 Å². The highest BCUT2D eigenvalue weighted by Crippen LogP contribution is 2.19. The van der Waals surface area contributed by atoms with Crippen molar-refractivity contribution in [1.82, 2.24) is 0 Å². The molecule has 0 bridgehead atoms. The number of benzene rings is 1. The molecule has 0 amide bonds. The maximum Gasteiger partial charge on any atom is 0.340 e. The number of nitrogen functional groups attached to an aromatic ring is 1. The van der Waals surface area contributed by atoms with Crippen molar-refractivity contribution in [1.29, 1.82) is 0 Å². The maximum atomic E-state index is 11.5. The first kappa shape index (κ1) is 16.7. The van der Waals surface area contributed by atoms with Crippen molar-refractivity contribution in [2.75, 3.05) is 36.7 Å². The molecule has 0 aromatic heterocycles. The zero-order valence-corrected chi connectivity index (χ0v) is 13.1. The van der Waals surface area contributed by atoms with Crippen molar-refractivity contribution >= 4 is 29.1 Å². The molecule has 1 rings (SSSR count). The molecule has 0 unspecified atom stereocenters. The molecule has 0 saturated heterocycles. The minimum absolute atomic E-state index is 0.400. The van der Waals surface area contributed by atoms with E-state index in [1.54, 1.807) is 12.1 Å². The molecule has 0 aliphatic rings. The molecule has 112 valence electrons. The minimum Gasteiger partial charge on any atom is -0.465 e. The highest BCUT2D eigenvalue weighted by Gasteiger charge is 2.10. The van der Waals surface area contributed by atoms with Gasteiger partial charge in [-0.1, -0.05) is 12.8 Å². The summed E-state index contributed by atoms with van der Waals surface area (Å²) in [6, 6.07) is 5.36. The number of thioether (sulfide) groups is 1. The number of carbonyl (C=O) groups is 1. The van der Waals surface area contributed by atoms with Crippen LogP contribution in [0.1, 0.15) is 36.0 Å². The van der Waals surface area contributed by atoms with Gasteiger partial charge in [-0.2, -0.15) is 11.8 Å². The number of nitrogens with one attached hydrogen (secondary N) is 1. The second kappa shape index (κ2) is 9.53. The fraction of sp³-hybridized carbons (Fsp3) is 0.533. The number of unbranched alkanes of at least 4 members (excludes halogenated alkanes) is 3. The van der Waals surface area contributed by atoms with Crippen LogP contribution in [0.15, 0.2) is 18.2 Å². The van der Waals surface area contributed by atoms with Gasteiger partial charge in [0.1, 0.15) is 0 Å². The Morgan fingerprint density at radius 3 is 2.75 bits per heavy atom. The van der Waals surface area contributed by atoms with Crippen LogP contribution in [0, 0.1) is 0 Å². The molecular weight excluding hydrogens is 272 g/mol. The molecule has 5 heteroatoms. The summed E-state index contributed by atoms with van der Waals surface area (Å²) >= 11 is 1.90. The number of carbonyl (C=O) groups excluding carboxylic acids is 1. The summed E-state index contributed by atoms with van der Waals surface area (Å²) in [6.07, 6.45) is 7.06. The first-order valence-corrected chi connectivity index (χ1v) is 8.29. The van der Waals surface area contributed by atoms with Gasteiger partial charge < -0.3 is 15.8 Å². The van der Waals surface area contributed by atoms with Crippen molar-refractivity contribution < 1.29 is 9.53 Å². The van der Waals surface area contributed by atoms with Crippen LogP contribution in [0.2, 0.25) is 0 Å². The Labute approximate surface area is 125 Å². The van der Waals surface area contributed by atoms with Crippen molar-refractivity contribution in [3.8, 4) is 0 Å². The van der Waals surface area contributed by atoms with Crippen LogP contribution in [-0.2, 0) is 4.74 Å². The van der Waals surface area contributed by atoms with Gasteiger partial charge in [0.05, 0.1) is 12.7 Å². The third-order valence-corrected chi connectivity index (χ3v) is 3.76. The Kier molecular flexibility index (Phi) is 7.95. The van der Waals surface area contributed by atoms with Gasteiger partial charge in [0.2, 0.25) is 0 Å². The highest BCUT2D eigenvalue weighted by atomic mass is 32.2. The molecule has 0 saturated carbocycles. The number of anilines is 2. The smallest absolute Gasteiger partial charge is 0.340 e. The molecule has 20 heavy (non-hydrogen) atoms. The van der Waals surface area contributed by atoms with Gasteiger partial charge >= 0.3 is 5.97 Å². The quantitative estimate of drug-likeness (QED) is 0.415. The maximum absolute atomic E-state index is 11.5. The summed E-state index contributed by atoms with van der Waals surface area (Å²) in [5.41, 5.74) is 7.52. The van der Waals surface area contributed by atoms with Gasteiger partial charge in [-0.15, -0.1) is 0 Å². The lowest BCUT2D eigenvalue weighted by atomic mass is 10.1. The second-order valence-electron chi connectivity index (χ2n) is 4.63. The predicted molar refractivity (Wildman–Crippen MR) is 87.5 cm³/mol. The van der Waals surface area contributed by atoms with Crippen LogP contribution < -0.4 is 11.1 Å². The molecule has 1 aromatic rings. The molecule has 1 aromatic carbocycles. The van der Waals surface area contributed by atoms with Gasteiger partial charge in [-0.25, -0.2) is 4.79 Å². The number of nitrogens with two attached hydrogens (primary N) is 1. The first-order valence-electron chi connectivity index (χ1n) is 6.89. The number of rotatable bonds is 9. The number of methoxy groups -OCH3 is 1. The van der Waals surface area contributed by atoms with E-state index in [0.29, 0.717) is 11.3 Å². The zero-order valence-electron chi connectivity index (χ0n) is 12.3. The zero-order chi connectivity index (χ0) is 14.8. The van der Waals surface area contributed by atoms with E-state index in [2.05, 4.69) is 11.6 Å². The Balaban J connectivity index is 2.35. The fourth-order valence-electron chi connectivity index (χ4n) is 1.91. The molecule has 0 fully saturated rings. The Morgan fingerprint density at radius 1 is 1.30 bits per heavy atom. The summed E-state index contributed by atoms with van der Waals surface area (Å²) in [4.78, 5) is 11.5. The fourth-order valence-corrected chi connectivity index (χ4v) is 2.40. The van der Waals surface area contributed by atoms with E-state index in [9.17, 15) is 4.79 Å². The standard InChI is InChI=1S/C15H24N2O2S/c1-19-15(18)13-11-12(7-8-14(13)16)17-9-5-3-4-6-10-20-2/h7-8,11,17H,3-6,9-10,16H2,1-2H3. The van der Waals surface area contributed by atoms with Gasteiger partial charge in [0.15, 0.2) is 0 Å². The number of esters is 1. The number of ether oxygens (including phenoxy) is 1. The van der Waals surface area contributed by atoms with E-state index in [0.717, 1.165) is 18.7 Å². The summed E-state index contributed by atoms with van der Waals surface area (Å²) < 4.78 is 4.70. The van der Waals surface area contributed by atoms with Crippen molar-refractivity contribution in [2.24, 2.45) is 0 Å². The van der Waals surface area contributed by atoms with E-state index in [4.69, 9.17) is 10.5 Å². The Bertz CT molecular complexity index is 424. The van der Waals surface area contributed by atoms with Gasteiger partial charge in [-0.3, -0.25) is 0 Å². The summed E-state index contributed by atoms with van der Waals surface area (Å²) in [7, 11) is 1.36. The van der Waals surface area contributed by atoms with E-state index < -0.39 is 5.97 Å². The van der Waals surface area contributed by atoms with Crippen molar-refractivity contribution in [3.05, 3.63) is 23.8 Å². The molecule has 0 aliphatic heterocycles. The summed E-state index contributed by atoms with van der Waals surface area (Å²) in [6.45, 7) is 0.907. The predicted octanol–water partition coefficient (Wildman–Crippen LogP) is 3.39. The molecular formula is C15H24N2O2S. The average molecular weight is 296 g/mol. The lowest BCUT2D eigenvalue weighted by Gasteiger charge is -2.09. The van der Waals surface area contributed by atoms with Crippen LogP contribution in [-0.4, -0.2) is 31.6 Å². The third-order valence-electron chi connectivity index (χ3n) is 3.06. The first-order chi connectivity index (χ1) is 9.69. The largest absolute Gasteiger partial charge is 0.465 e. The van der Waals surface area contributed by atoms with Gasteiger partial charge in [-0.05, 0) is 43.0 Å². The second-order valence-corrected chi connectivity index (χ2v) is 5.61. The Hall–Kier alpha value is -1.36. The summed E-state index contributed by atoms with van der Waals surface area (Å²) in [5, 5.41) is 3.31. The lowest BCUT2D eigenvalue weighted by Crippen LogP contribution is -2.08. The third kappa shape index (κ3) is 5.74. The van der Waals surface area contributed by atoms with E-state index in [1.807, 2.05) is 17.8 Å². The minimum atomic E-state index is -0.400. The SMILES string of the molecule is COC(=O)c1cc(NCCCCCCSC)ccc1N.